The number of hydrogen-bond acceptors (Lipinski definition) is 4. The number of methoxy groups -OCH3 is 1. The first-order valence-corrected chi connectivity index (χ1v) is 10.5. The Hall–Kier alpha value is -2.34. The second kappa shape index (κ2) is 9.44. The first kappa shape index (κ1) is 20.0. The highest BCUT2D eigenvalue weighted by Crippen LogP contribution is 2.31. The molecule has 2 N–H and O–H groups in total. The molecule has 3 aromatic rings. The topological polar surface area (TPSA) is 49.5 Å². The summed E-state index contributed by atoms with van der Waals surface area (Å²) in [7, 11) is 3.89. The van der Waals surface area contributed by atoms with Gasteiger partial charge in [-0.3, -0.25) is 4.90 Å². The Morgan fingerprint density at radius 3 is 2.69 bits per heavy atom. The molecule has 0 amide bonds. The van der Waals surface area contributed by atoms with Crippen LogP contribution >= 0.6 is 0 Å². The van der Waals surface area contributed by atoms with Crippen molar-refractivity contribution < 1.29 is 9.47 Å². The highest BCUT2D eigenvalue weighted by Gasteiger charge is 2.17. The number of nitrogens with zero attached hydrogens (tertiary/aromatic N) is 1. The number of H-pyrrole nitrogens is 1. The predicted octanol–water partition coefficient (Wildman–Crippen LogP) is 4.50. The first-order chi connectivity index (χ1) is 14.2. The van der Waals surface area contributed by atoms with E-state index in [0.29, 0.717) is 6.04 Å². The van der Waals surface area contributed by atoms with E-state index in [2.05, 4.69) is 70.8 Å². The maximum atomic E-state index is 5.53. The SMILES string of the molecule is COCCN(C)Cc1cc(NC2CCOCC2)c2[nH]c(-c3ccccc3)cc2c1. The molecule has 1 aliphatic rings. The number of aromatic nitrogens is 1. The smallest absolute Gasteiger partial charge is 0.0694 e. The van der Waals surface area contributed by atoms with E-state index in [1.165, 1.54) is 27.7 Å². The molecule has 2 heterocycles. The molecule has 0 radical (unpaired) electrons. The van der Waals surface area contributed by atoms with Crippen molar-refractivity contribution >= 4 is 16.6 Å². The van der Waals surface area contributed by atoms with Crippen molar-refractivity contribution in [3.63, 3.8) is 0 Å². The van der Waals surface area contributed by atoms with Gasteiger partial charge in [0.15, 0.2) is 0 Å². The van der Waals surface area contributed by atoms with Gasteiger partial charge in [-0.15, -0.1) is 0 Å². The van der Waals surface area contributed by atoms with E-state index >= 15 is 0 Å². The van der Waals surface area contributed by atoms with Crippen LogP contribution in [0.25, 0.3) is 22.2 Å². The van der Waals surface area contributed by atoms with Crippen molar-refractivity contribution in [1.29, 1.82) is 0 Å². The summed E-state index contributed by atoms with van der Waals surface area (Å²) < 4.78 is 10.8. The Labute approximate surface area is 173 Å². The molecule has 1 fully saturated rings. The van der Waals surface area contributed by atoms with Gasteiger partial charge in [-0.05, 0) is 49.2 Å². The molecule has 0 spiro atoms. The lowest BCUT2D eigenvalue weighted by Gasteiger charge is -2.25. The lowest BCUT2D eigenvalue weighted by Crippen LogP contribution is -2.28. The number of fused-ring (bicyclic) bond motifs is 1. The number of hydrogen-bond donors (Lipinski definition) is 2. The van der Waals surface area contributed by atoms with Gasteiger partial charge in [-0.1, -0.05) is 30.3 Å². The summed E-state index contributed by atoms with van der Waals surface area (Å²) in [5, 5.41) is 5.04. The number of aromatic amines is 1. The molecule has 4 rings (SSSR count). The molecule has 2 aromatic carbocycles. The van der Waals surface area contributed by atoms with E-state index in [1.54, 1.807) is 7.11 Å². The lowest BCUT2D eigenvalue weighted by atomic mass is 10.1. The average molecular weight is 394 g/mol. The summed E-state index contributed by atoms with van der Waals surface area (Å²) in [6, 6.07) is 17.8. The van der Waals surface area contributed by atoms with Crippen molar-refractivity contribution in [3.8, 4) is 11.3 Å². The zero-order valence-corrected chi connectivity index (χ0v) is 17.4. The number of ether oxygens (including phenoxy) is 2. The summed E-state index contributed by atoms with van der Waals surface area (Å²) in [6.45, 7) is 4.22. The van der Waals surface area contributed by atoms with Gasteiger partial charge >= 0.3 is 0 Å². The molecule has 5 heteroatoms. The highest BCUT2D eigenvalue weighted by molar-refractivity contribution is 5.95. The summed E-state index contributed by atoms with van der Waals surface area (Å²) in [4.78, 5) is 5.96. The van der Waals surface area contributed by atoms with Gasteiger partial charge in [0.25, 0.3) is 0 Å². The predicted molar refractivity (Wildman–Crippen MR) is 119 cm³/mol. The lowest BCUT2D eigenvalue weighted by molar-refractivity contribution is 0.0905. The van der Waals surface area contributed by atoms with Crippen LogP contribution in [0.2, 0.25) is 0 Å². The van der Waals surface area contributed by atoms with Crippen molar-refractivity contribution in [2.45, 2.75) is 25.4 Å². The molecule has 0 unspecified atom stereocenters. The van der Waals surface area contributed by atoms with Crippen LogP contribution < -0.4 is 5.32 Å². The zero-order chi connectivity index (χ0) is 20.1. The van der Waals surface area contributed by atoms with Crippen molar-refractivity contribution in [1.82, 2.24) is 9.88 Å². The van der Waals surface area contributed by atoms with E-state index in [0.717, 1.165) is 51.4 Å². The fourth-order valence-electron chi connectivity index (χ4n) is 3.98. The van der Waals surface area contributed by atoms with E-state index < -0.39 is 0 Å². The van der Waals surface area contributed by atoms with Gasteiger partial charge < -0.3 is 19.8 Å². The highest BCUT2D eigenvalue weighted by atomic mass is 16.5. The van der Waals surface area contributed by atoms with Crippen LogP contribution in [0.4, 0.5) is 5.69 Å². The van der Waals surface area contributed by atoms with Crippen LogP contribution in [0.5, 0.6) is 0 Å². The largest absolute Gasteiger partial charge is 0.383 e. The Morgan fingerprint density at radius 1 is 1.14 bits per heavy atom. The maximum Gasteiger partial charge on any atom is 0.0694 e. The molecule has 0 saturated carbocycles. The minimum Gasteiger partial charge on any atom is -0.383 e. The molecular weight excluding hydrogens is 362 g/mol. The Bertz CT molecular complexity index is 917. The molecule has 1 aliphatic heterocycles. The number of nitrogens with one attached hydrogen (secondary N) is 2. The summed E-state index contributed by atoms with van der Waals surface area (Å²) in [5.74, 6) is 0. The molecule has 154 valence electrons. The van der Waals surface area contributed by atoms with E-state index in [1.807, 2.05) is 0 Å². The molecule has 0 bridgehead atoms. The Balaban J connectivity index is 1.67. The average Bonchev–Trinajstić information content (AvgIpc) is 3.18. The fraction of sp³-hybridized carbons (Fsp3) is 0.417. The van der Waals surface area contributed by atoms with Crippen molar-refractivity contribution in [2.24, 2.45) is 0 Å². The molecule has 0 aliphatic carbocycles. The van der Waals surface area contributed by atoms with Gasteiger partial charge in [0.2, 0.25) is 0 Å². The molecule has 5 nitrogen and oxygen atoms in total. The number of rotatable bonds is 8. The van der Waals surface area contributed by atoms with E-state index in [9.17, 15) is 0 Å². The van der Waals surface area contributed by atoms with E-state index in [-0.39, 0.29) is 0 Å². The molecule has 1 saturated heterocycles. The van der Waals surface area contributed by atoms with Gasteiger partial charge in [0, 0.05) is 50.5 Å². The van der Waals surface area contributed by atoms with Gasteiger partial charge in [-0.25, -0.2) is 0 Å². The van der Waals surface area contributed by atoms with Crippen LogP contribution in [0.3, 0.4) is 0 Å². The number of benzene rings is 2. The van der Waals surface area contributed by atoms with Crippen LogP contribution in [-0.4, -0.2) is 56.4 Å². The monoisotopic (exact) mass is 393 g/mol. The third-order valence-corrected chi connectivity index (χ3v) is 5.58. The minimum absolute atomic E-state index is 0.455. The molecular formula is C24H31N3O2. The van der Waals surface area contributed by atoms with Gasteiger partial charge in [0.1, 0.15) is 0 Å². The third kappa shape index (κ3) is 4.99. The second-order valence-electron chi connectivity index (χ2n) is 7.92. The number of anilines is 1. The van der Waals surface area contributed by atoms with Crippen LogP contribution in [0, 0.1) is 0 Å². The zero-order valence-electron chi connectivity index (χ0n) is 17.4. The van der Waals surface area contributed by atoms with Crippen molar-refractivity contribution in [3.05, 3.63) is 54.1 Å². The first-order valence-electron chi connectivity index (χ1n) is 10.5. The molecule has 29 heavy (non-hydrogen) atoms. The van der Waals surface area contributed by atoms with Gasteiger partial charge in [0.05, 0.1) is 17.8 Å². The van der Waals surface area contributed by atoms with Crippen LogP contribution in [0.15, 0.2) is 48.5 Å². The normalized spacial score (nSPS) is 15.3. The second-order valence-corrected chi connectivity index (χ2v) is 7.92. The fourth-order valence-corrected chi connectivity index (χ4v) is 3.98. The maximum absolute atomic E-state index is 5.53. The van der Waals surface area contributed by atoms with Crippen LogP contribution in [-0.2, 0) is 16.0 Å². The van der Waals surface area contributed by atoms with Crippen LogP contribution in [0.1, 0.15) is 18.4 Å². The molecule has 1 aromatic heterocycles. The van der Waals surface area contributed by atoms with E-state index in [4.69, 9.17) is 9.47 Å². The minimum atomic E-state index is 0.455. The summed E-state index contributed by atoms with van der Waals surface area (Å²) >= 11 is 0. The Kier molecular flexibility index (Phi) is 6.49. The number of likely N-dealkylation sites (N-methyl/N-ethyl adjacent to an activating group) is 1. The summed E-state index contributed by atoms with van der Waals surface area (Å²) in [5.41, 5.74) is 6.04. The third-order valence-electron chi connectivity index (χ3n) is 5.58. The quantitative estimate of drug-likeness (QED) is 0.591. The summed E-state index contributed by atoms with van der Waals surface area (Å²) in [6.07, 6.45) is 2.09. The van der Waals surface area contributed by atoms with Gasteiger partial charge in [-0.2, -0.15) is 0 Å². The standard InChI is InChI=1S/C24H31N3O2/c1-27(10-13-28-2)17-18-14-20-16-22(19-6-4-3-5-7-19)26-24(20)23(15-18)25-21-8-11-29-12-9-21/h3-7,14-16,21,25-26H,8-13,17H2,1-2H3. The Morgan fingerprint density at radius 2 is 1.93 bits per heavy atom. The molecule has 0 atom stereocenters. The van der Waals surface area contributed by atoms with Crippen molar-refractivity contribution in [2.75, 3.05) is 45.8 Å².